The molecule has 0 atom stereocenters. The van der Waals surface area contributed by atoms with Gasteiger partial charge in [-0.1, -0.05) is 60.7 Å². The molecule has 0 bridgehead atoms. The lowest BCUT2D eigenvalue weighted by molar-refractivity contribution is 1.25. The summed E-state index contributed by atoms with van der Waals surface area (Å²) in [5.41, 5.74) is 14.6. The Morgan fingerprint density at radius 1 is 0.283 bits per heavy atom. The van der Waals surface area contributed by atoms with E-state index in [-0.39, 0.29) is 0 Å². The van der Waals surface area contributed by atoms with Gasteiger partial charge in [-0.2, -0.15) is 0 Å². The van der Waals surface area contributed by atoms with Crippen LogP contribution in [0.15, 0.2) is 133 Å². The van der Waals surface area contributed by atoms with Crippen LogP contribution in [0.1, 0.15) is 33.4 Å². The van der Waals surface area contributed by atoms with Crippen LogP contribution in [-0.2, 0) is 0 Å². The molecule has 0 aliphatic rings. The van der Waals surface area contributed by atoms with Crippen molar-refractivity contribution in [1.29, 1.82) is 0 Å². The summed E-state index contributed by atoms with van der Waals surface area (Å²) >= 11 is 0. The summed E-state index contributed by atoms with van der Waals surface area (Å²) in [5.74, 6) is 0. The van der Waals surface area contributed by atoms with Crippen LogP contribution >= 0.6 is 0 Å². The monoisotopic (exact) mass is 596 g/mol. The third-order valence-corrected chi connectivity index (χ3v) is 9.10. The molecule has 0 aliphatic carbocycles. The van der Waals surface area contributed by atoms with E-state index in [4.69, 9.17) is 0 Å². The minimum atomic E-state index is 1.15. The molecule has 0 heterocycles. The molecule has 0 radical (unpaired) electrons. The van der Waals surface area contributed by atoms with Crippen molar-refractivity contribution in [1.82, 2.24) is 0 Å². The molecule has 2 nitrogen and oxygen atoms in total. The molecule has 0 saturated heterocycles. The fourth-order valence-corrected chi connectivity index (χ4v) is 7.12. The fraction of sp³-hybridized carbons (Fsp3) is 0.136. The van der Waals surface area contributed by atoms with Crippen LogP contribution in [-0.4, -0.2) is 0 Å². The smallest absolute Gasteiger partial charge is 0.0468 e. The van der Waals surface area contributed by atoms with Crippen LogP contribution in [0.4, 0.5) is 34.1 Å². The van der Waals surface area contributed by atoms with Gasteiger partial charge in [0.1, 0.15) is 0 Å². The first-order valence-corrected chi connectivity index (χ1v) is 16.1. The first kappa shape index (κ1) is 29.4. The molecule has 0 saturated carbocycles. The number of anilines is 6. The van der Waals surface area contributed by atoms with E-state index in [0.29, 0.717) is 0 Å². The second kappa shape index (κ2) is 11.9. The number of benzene rings is 7. The SMILES string of the molecule is Cc1cc(C)cc(N(c2ccccc2)c2ccc3c(C)c4cc(N(c5ccccc5)c5cc(C)cc(C)c5)ccc4c(C)c3c2)c1. The number of para-hydroxylation sites is 2. The van der Waals surface area contributed by atoms with Crippen molar-refractivity contribution >= 4 is 55.7 Å². The summed E-state index contributed by atoms with van der Waals surface area (Å²) in [6.45, 7) is 13.2. The molecule has 46 heavy (non-hydrogen) atoms. The number of hydrogen-bond acceptors (Lipinski definition) is 2. The Labute approximate surface area is 273 Å². The van der Waals surface area contributed by atoms with Crippen LogP contribution in [0.3, 0.4) is 0 Å². The second-order valence-corrected chi connectivity index (χ2v) is 12.7. The zero-order valence-corrected chi connectivity index (χ0v) is 27.6. The third-order valence-electron chi connectivity index (χ3n) is 9.10. The van der Waals surface area contributed by atoms with E-state index >= 15 is 0 Å². The number of fused-ring (bicyclic) bond motifs is 2. The number of rotatable bonds is 6. The molecular weight excluding hydrogens is 556 g/mol. The van der Waals surface area contributed by atoms with E-state index < -0.39 is 0 Å². The summed E-state index contributed by atoms with van der Waals surface area (Å²) in [6, 6.07) is 48.9. The van der Waals surface area contributed by atoms with Crippen LogP contribution < -0.4 is 9.80 Å². The van der Waals surface area contributed by atoms with Crippen LogP contribution in [0.2, 0.25) is 0 Å². The highest BCUT2D eigenvalue weighted by atomic mass is 15.1. The number of nitrogens with zero attached hydrogens (tertiary/aromatic N) is 2. The molecular formula is C44H40N2. The van der Waals surface area contributed by atoms with E-state index in [1.54, 1.807) is 0 Å². The van der Waals surface area contributed by atoms with Gasteiger partial charge in [0.25, 0.3) is 0 Å². The molecule has 0 fully saturated rings. The van der Waals surface area contributed by atoms with Crippen molar-refractivity contribution in [2.45, 2.75) is 41.5 Å². The van der Waals surface area contributed by atoms with Crippen molar-refractivity contribution in [2.75, 3.05) is 9.80 Å². The van der Waals surface area contributed by atoms with Crippen molar-refractivity contribution in [2.24, 2.45) is 0 Å². The zero-order chi connectivity index (χ0) is 31.9. The van der Waals surface area contributed by atoms with E-state index in [1.807, 2.05) is 0 Å². The Morgan fingerprint density at radius 2 is 0.630 bits per heavy atom. The summed E-state index contributed by atoms with van der Waals surface area (Å²) < 4.78 is 0. The average Bonchev–Trinajstić information content (AvgIpc) is 3.04. The summed E-state index contributed by atoms with van der Waals surface area (Å²) in [7, 11) is 0. The maximum Gasteiger partial charge on any atom is 0.0468 e. The quantitative estimate of drug-likeness (QED) is 0.176. The van der Waals surface area contributed by atoms with Gasteiger partial charge in [0, 0.05) is 34.1 Å². The predicted molar refractivity (Wildman–Crippen MR) is 199 cm³/mol. The Bertz CT molecular complexity index is 2010. The lowest BCUT2D eigenvalue weighted by Gasteiger charge is -2.28. The highest BCUT2D eigenvalue weighted by Gasteiger charge is 2.18. The van der Waals surface area contributed by atoms with Crippen LogP contribution in [0.25, 0.3) is 21.5 Å². The third kappa shape index (κ3) is 5.41. The highest BCUT2D eigenvalue weighted by Crippen LogP contribution is 2.42. The maximum absolute atomic E-state index is 2.38. The predicted octanol–water partition coefficient (Wildman–Crippen LogP) is 12.8. The molecule has 0 aliphatic heterocycles. The van der Waals surface area contributed by atoms with Crippen molar-refractivity contribution in [3.8, 4) is 0 Å². The van der Waals surface area contributed by atoms with Gasteiger partial charge in [0.2, 0.25) is 0 Å². The molecule has 7 aromatic rings. The van der Waals surface area contributed by atoms with Gasteiger partial charge >= 0.3 is 0 Å². The van der Waals surface area contributed by atoms with Gasteiger partial charge in [-0.25, -0.2) is 0 Å². The van der Waals surface area contributed by atoms with Crippen LogP contribution in [0, 0.1) is 41.5 Å². The van der Waals surface area contributed by atoms with E-state index in [1.165, 1.54) is 66.3 Å². The van der Waals surface area contributed by atoms with Gasteiger partial charge in [0.05, 0.1) is 0 Å². The van der Waals surface area contributed by atoms with Crippen molar-refractivity contribution in [3.05, 3.63) is 167 Å². The Morgan fingerprint density at radius 3 is 0.978 bits per heavy atom. The molecule has 2 heteroatoms. The van der Waals surface area contributed by atoms with Gasteiger partial charge in [-0.15, -0.1) is 0 Å². The summed E-state index contributed by atoms with van der Waals surface area (Å²) in [5, 5.41) is 5.15. The standard InChI is InChI=1S/C44H40N2/c1-29-21-30(2)24-39(23-29)45(35-13-9-7-10-14-35)37-17-19-41-34(6)44-28-38(18-20-42(44)33(5)43(41)27-37)46(36-15-11-8-12-16-36)40-25-31(3)22-32(4)26-40/h7-28H,1-6H3. The lowest BCUT2D eigenvalue weighted by atomic mass is 9.92. The largest absolute Gasteiger partial charge is 0.310 e. The minimum Gasteiger partial charge on any atom is -0.310 e. The molecule has 7 rings (SSSR count). The summed E-state index contributed by atoms with van der Waals surface area (Å²) in [6.07, 6.45) is 0. The fourth-order valence-electron chi connectivity index (χ4n) is 7.12. The minimum absolute atomic E-state index is 1.15. The Balaban J connectivity index is 1.41. The zero-order valence-electron chi connectivity index (χ0n) is 27.6. The topological polar surface area (TPSA) is 6.48 Å². The molecule has 0 unspecified atom stereocenters. The molecule has 0 spiro atoms. The molecule has 0 amide bonds. The number of aryl methyl sites for hydroxylation is 6. The van der Waals surface area contributed by atoms with Crippen LogP contribution in [0.5, 0.6) is 0 Å². The first-order chi connectivity index (χ1) is 22.3. The average molecular weight is 597 g/mol. The first-order valence-electron chi connectivity index (χ1n) is 16.1. The number of hydrogen-bond donors (Lipinski definition) is 0. The highest BCUT2D eigenvalue weighted by molar-refractivity contribution is 6.08. The Hall–Kier alpha value is -5.34. The van der Waals surface area contributed by atoms with E-state index in [0.717, 1.165) is 22.7 Å². The van der Waals surface area contributed by atoms with Crippen molar-refractivity contribution in [3.63, 3.8) is 0 Å². The van der Waals surface area contributed by atoms with Gasteiger partial charge in [-0.05, 0) is 169 Å². The van der Waals surface area contributed by atoms with Gasteiger partial charge in [-0.3, -0.25) is 0 Å². The molecule has 0 N–H and O–H groups in total. The molecule has 7 aromatic carbocycles. The second-order valence-electron chi connectivity index (χ2n) is 12.7. The Kier molecular flexibility index (Phi) is 7.58. The van der Waals surface area contributed by atoms with E-state index in [2.05, 4.69) is 185 Å². The van der Waals surface area contributed by atoms with Crippen molar-refractivity contribution < 1.29 is 0 Å². The van der Waals surface area contributed by atoms with Gasteiger partial charge < -0.3 is 9.80 Å². The molecule has 0 aromatic heterocycles. The summed E-state index contributed by atoms with van der Waals surface area (Å²) in [4.78, 5) is 4.76. The maximum atomic E-state index is 2.38. The molecule has 226 valence electrons. The lowest BCUT2D eigenvalue weighted by Crippen LogP contribution is -2.11. The normalized spacial score (nSPS) is 11.3. The van der Waals surface area contributed by atoms with E-state index in [9.17, 15) is 0 Å². The van der Waals surface area contributed by atoms with Gasteiger partial charge in [0.15, 0.2) is 0 Å².